The monoisotopic (exact) mass is 396 g/mol. The Labute approximate surface area is 175 Å². The minimum absolute atomic E-state index is 0.499. The average Bonchev–Trinajstić information content (AvgIpc) is 3.10. The van der Waals surface area contributed by atoms with Gasteiger partial charge in [0.05, 0.1) is 23.3 Å². The van der Waals surface area contributed by atoms with Gasteiger partial charge < -0.3 is 9.15 Å². The van der Waals surface area contributed by atoms with E-state index in [0.29, 0.717) is 16.4 Å². The van der Waals surface area contributed by atoms with Gasteiger partial charge in [-0.25, -0.2) is 0 Å². The summed E-state index contributed by atoms with van der Waals surface area (Å²) in [5.41, 5.74) is 4.16. The lowest BCUT2D eigenvalue weighted by molar-refractivity contribution is 0.413. The largest absolute Gasteiger partial charge is 0.495 e. The highest BCUT2D eigenvalue weighted by molar-refractivity contribution is 6.35. The van der Waals surface area contributed by atoms with Crippen molar-refractivity contribution in [2.45, 2.75) is 6.92 Å². The molecule has 1 aromatic heterocycles. The van der Waals surface area contributed by atoms with Crippen molar-refractivity contribution >= 4 is 22.6 Å². The molecule has 0 aliphatic carbocycles. The number of para-hydroxylation sites is 2. The van der Waals surface area contributed by atoms with Crippen LogP contribution in [0.1, 0.15) is 28.0 Å². The summed E-state index contributed by atoms with van der Waals surface area (Å²) in [6.45, 7) is 2.03. The molecule has 3 heteroatoms. The highest BCUT2D eigenvalue weighted by Crippen LogP contribution is 2.30. The van der Waals surface area contributed by atoms with Gasteiger partial charge in [-0.05, 0) is 48.7 Å². The quantitative estimate of drug-likeness (QED) is 0.357. The van der Waals surface area contributed by atoms with Crippen molar-refractivity contribution < 1.29 is 9.15 Å². The van der Waals surface area contributed by atoms with E-state index in [0.717, 1.165) is 33.4 Å². The maximum Gasteiger partial charge on any atom is 0.194 e. The molecule has 0 saturated carbocycles. The van der Waals surface area contributed by atoms with Gasteiger partial charge in [-0.1, -0.05) is 65.8 Å². The first kappa shape index (κ1) is 18.8. The van der Waals surface area contributed by atoms with Crippen molar-refractivity contribution in [3.05, 3.63) is 99.8 Å². The highest BCUT2D eigenvalue weighted by atomic mass is 35.5. The number of methoxy groups -OCH3 is 1. The van der Waals surface area contributed by atoms with Crippen LogP contribution in [-0.2, 0) is 0 Å². The van der Waals surface area contributed by atoms with Crippen LogP contribution in [0.4, 0.5) is 0 Å². The van der Waals surface area contributed by atoms with Crippen LogP contribution in [0.2, 0.25) is 5.02 Å². The van der Waals surface area contributed by atoms with Crippen LogP contribution >= 0.6 is 11.6 Å². The molecule has 0 N–H and O–H groups in total. The lowest BCUT2D eigenvalue weighted by Crippen LogP contribution is -1.87. The predicted molar refractivity (Wildman–Crippen MR) is 117 cm³/mol. The molecular formula is C26H17ClO2. The van der Waals surface area contributed by atoms with Crippen molar-refractivity contribution in [3.63, 3.8) is 0 Å². The Balaban J connectivity index is 1.88. The number of aryl methyl sites for hydroxylation is 1. The summed E-state index contributed by atoms with van der Waals surface area (Å²) in [5.74, 6) is 14.0. The number of hydrogen-bond donors (Lipinski definition) is 0. The molecule has 0 radical (unpaired) electrons. The molecule has 0 aliphatic heterocycles. The van der Waals surface area contributed by atoms with Crippen molar-refractivity contribution in [1.82, 2.24) is 0 Å². The van der Waals surface area contributed by atoms with Gasteiger partial charge in [0.15, 0.2) is 11.3 Å². The van der Waals surface area contributed by atoms with E-state index in [1.807, 2.05) is 67.6 Å². The molecular weight excluding hydrogens is 380 g/mol. The summed E-state index contributed by atoms with van der Waals surface area (Å²) in [6, 6.07) is 21.2. The lowest BCUT2D eigenvalue weighted by atomic mass is 10.1. The van der Waals surface area contributed by atoms with Gasteiger partial charge >= 0.3 is 0 Å². The molecule has 0 aliphatic rings. The molecule has 2 nitrogen and oxygen atoms in total. The number of benzene rings is 3. The molecule has 0 saturated heterocycles. The second-order valence-electron chi connectivity index (χ2n) is 6.44. The van der Waals surface area contributed by atoms with Gasteiger partial charge in [-0.2, -0.15) is 0 Å². The Morgan fingerprint density at radius 3 is 2.31 bits per heavy atom. The molecule has 0 unspecified atom stereocenters. The highest BCUT2D eigenvalue weighted by Gasteiger charge is 2.13. The summed E-state index contributed by atoms with van der Waals surface area (Å²) >= 11 is 6.34. The summed E-state index contributed by atoms with van der Waals surface area (Å²) in [6.07, 6.45) is 0. The van der Waals surface area contributed by atoms with E-state index in [-0.39, 0.29) is 0 Å². The van der Waals surface area contributed by atoms with Crippen molar-refractivity contribution in [2.24, 2.45) is 0 Å². The molecule has 0 bridgehead atoms. The van der Waals surface area contributed by atoms with E-state index in [1.54, 1.807) is 13.2 Å². The maximum atomic E-state index is 6.34. The lowest BCUT2D eigenvalue weighted by Gasteiger charge is -2.00. The zero-order chi connectivity index (χ0) is 20.2. The summed E-state index contributed by atoms with van der Waals surface area (Å²) in [5, 5.41) is 1.38. The third-order valence-corrected chi connectivity index (χ3v) is 4.85. The fourth-order valence-corrected chi connectivity index (χ4v) is 3.23. The summed E-state index contributed by atoms with van der Waals surface area (Å²) in [7, 11) is 1.63. The van der Waals surface area contributed by atoms with Gasteiger partial charge in [0.1, 0.15) is 5.75 Å². The number of hydrogen-bond acceptors (Lipinski definition) is 2. The van der Waals surface area contributed by atoms with Crippen LogP contribution in [-0.4, -0.2) is 7.11 Å². The van der Waals surface area contributed by atoms with Gasteiger partial charge in [-0.15, -0.1) is 0 Å². The van der Waals surface area contributed by atoms with Crippen LogP contribution < -0.4 is 4.74 Å². The van der Waals surface area contributed by atoms with E-state index in [9.17, 15) is 0 Å². The van der Waals surface area contributed by atoms with E-state index >= 15 is 0 Å². The van der Waals surface area contributed by atoms with Crippen LogP contribution in [0.5, 0.6) is 5.75 Å². The normalized spacial score (nSPS) is 10.0. The SMILES string of the molecule is COc1ccccc1C#Cc1c(C#Cc2ccccc2C)oc2c(Cl)cccc12. The van der Waals surface area contributed by atoms with E-state index in [4.69, 9.17) is 20.8 Å². The second-order valence-corrected chi connectivity index (χ2v) is 6.85. The van der Waals surface area contributed by atoms with Crippen LogP contribution in [0.3, 0.4) is 0 Å². The minimum atomic E-state index is 0.499. The molecule has 3 aromatic carbocycles. The molecule has 0 atom stereocenters. The number of furan rings is 1. The first-order valence-corrected chi connectivity index (χ1v) is 9.49. The Morgan fingerprint density at radius 2 is 1.52 bits per heavy atom. The zero-order valence-corrected chi connectivity index (χ0v) is 16.8. The number of fused-ring (bicyclic) bond motifs is 1. The molecule has 29 heavy (non-hydrogen) atoms. The Hall–Kier alpha value is -3.59. The van der Waals surface area contributed by atoms with E-state index in [2.05, 4.69) is 23.7 Å². The number of ether oxygens (including phenoxy) is 1. The molecule has 0 fully saturated rings. The summed E-state index contributed by atoms with van der Waals surface area (Å²) < 4.78 is 11.4. The molecule has 0 amide bonds. The zero-order valence-electron chi connectivity index (χ0n) is 16.0. The van der Waals surface area contributed by atoms with Crippen molar-refractivity contribution in [2.75, 3.05) is 7.11 Å². The Kier molecular flexibility index (Phi) is 5.30. The third kappa shape index (κ3) is 3.85. The molecule has 4 aromatic rings. The number of halogens is 1. The standard InChI is InChI=1S/C26H17ClO2/c1-18-8-3-4-9-19(18)15-17-25-21(22-11-7-12-23(27)26(22)29-25)16-14-20-10-5-6-13-24(20)28-2/h3-13H,1-2H3. The van der Waals surface area contributed by atoms with Gasteiger partial charge in [0.25, 0.3) is 0 Å². The average molecular weight is 397 g/mol. The number of rotatable bonds is 1. The van der Waals surface area contributed by atoms with Crippen LogP contribution in [0, 0.1) is 30.6 Å². The molecule has 0 spiro atoms. The van der Waals surface area contributed by atoms with Gasteiger partial charge in [0, 0.05) is 10.9 Å². The Morgan fingerprint density at radius 1 is 0.793 bits per heavy atom. The summed E-state index contributed by atoms with van der Waals surface area (Å²) in [4.78, 5) is 0. The molecule has 1 heterocycles. The van der Waals surface area contributed by atoms with Crippen LogP contribution in [0.25, 0.3) is 11.0 Å². The first-order valence-electron chi connectivity index (χ1n) is 9.11. The van der Waals surface area contributed by atoms with E-state index in [1.165, 1.54) is 0 Å². The topological polar surface area (TPSA) is 22.4 Å². The van der Waals surface area contributed by atoms with Crippen LogP contribution in [0.15, 0.2) is 71.1 Å². The predicted octanol–water partition coefficient (Wildman–Crippen LogP) is 6.20. The first-order chi connectivity index (χ1) is 14.2. The van der Waals surface area contributed by atoms with E-state index < -0.39 is 0 Å². The fourth-order valence-electron chi connectivity index (χ4n) is 3.01. The second kappa shape index (κ2) is 8.19. The van der Waals surface area contributed by atoms with Gasteiger partial charge in [-0.3, -0.25) is 0 Å². The smallest absolute Gasteiger partial charge is 0.194 e. The van der Waals surface area contributed by atoms with Gasteiger partial charge in [0.2, 0.25) is 0 Å². The Bertz CT molecular complexity index is 1320. The molecule has 4 rings (SSSR count). The molecule has 140 valence electrons. The maximum absolute atomic E-state index is 6.34. The van der Waals surface area contributed by atoms with Crippen molar-refractivity contribution in [3.8, 4) is 29.4 Å². The minimum Gasteiger partial charge on any atom is -0.495 e. The third-order valence-electron chi connectivity index (χ3n) is 4.55. The van der Waals surface area contributed by atoms with Crippen molar-refractivity contribution in [1.29, 1.82) is 0 Å². The fraction of sp³-hybridized carbons (Fsp3) is 0.0769.